The third-order valence-electron chi connectivity index (χ3n) is 3.08. The second-order valence-corrected chi connectivity index (χ2v) is 4.42. The summed E-state index contributed by atoms with van der Waals surface area (Å²) in [5.74, 6) is 0. The van der Waals surface area contributed by atoms with E-state index in [1.54, 1.807) is 6.08 Å². The lowest BCUT2D eigenvalue weighted by Crippen LogP contribution is -1.86. The van der Waals surface area contributed by atoms with Crippen molar-refractivity contribution in [2.24, 2.45) is 0 Å². The highest BCUT2D eigenvalue weighted by atomic mass is 14.7. The first-order valence-corrected chi connectivity index (χ1v) is 5.64. The van der Waals surface area contributed by atoms with Crippen LogP contribution in [-0.2, 0) is 0 Å². The zero-order chi connectivity index (χ0) is 12.6. The van der Waals surface area contributed by atoms with Gasteiger partial charge in [-0.3, -0.25) is 0 Å². The summed E-state index contributed by atoms with van der Waals surface area (Å²) in [6.07, 6.45) is 3.76. The van der Waals surface area contributed by atoms with Gasteiger partial charge in [0.2, 0.25) is 0 Å². The molecule has 86 valence electrons. The Labute approximate surface area is 102 Å². The molecule has 0 spiro atoms. The van der Waals surface area contributed by atoms with Gasteiger partial charge in [0.1, 0.15) is 0 Å². The highest BCUT2D eigenvalue weighted by molar-refractivity contribution is 5.96. The molecule has 1 aromatic carbocycles. The quantitative estimate of drug-likeness (QED) is 0.725. The molecule has 0 amide bonds. The minimum absolute atomic E-state index is 0.938. The molecule has 17 heavy (non-hydrogen) atoms. The van der Waals surface area contributed by atoms with Crippen LogP contribution in [0.4, 0.5) is 0 Å². The van der Waals surface area contributed by atoms with E-state index in [4.69, 9.17) is 0 Å². The van der Waals surface area contributed by atoms with Crippen LogP contribution < -0.4 is 0 Å². The lowest BCUT2D eigenvalue weighted by atomic mass is 9.98. The third kappa shape index (κ3) is 1.84. The van der Waals surface area contributed by atoms with Crippen LogP contribution in [0.15, 0.2) is 44.1 Å². The smallest absolute Gasteiger partial charge is 0.0463 e. The van der Waals surface area contributed by atoms with Gasteiger partial charge in [-0.2, -0.15) is 0 Å². The zero-order valence-corrected chi connectivity index (χ0v) is 10.4. The summed E-state index contributed by atoms with van der Waals surface area (Å²) in [6, 6.07) is 4.33. The summed E-state index contributed by atoms with van der Waals surface area (Å²) >= 11 is 0. The summed E-state index contributed by atoms with van der Waals surface area (Å²) in [4.78, 5) is 3.27. The van der Waals surface area contributed by atoms with Gasteiger partial charge >= 0.3 is 0 Å². The molecular weight excluding hydrogens is 206 g/mol. The maximum Gasteiger partial charge on any atom is 0.0463 e. The van der Waals surface area contributed by atoms with E-state index in [0.717, 1.165) is 22.2 Å². The number of hydrogen-bond donors (Lipinski definition) is 1. The molecule has 0 fully saturated rings. The van der Waals surface area contributed by atoms with Gasteiger partial charge in [0.05, 0.1) is 0 Å². The molecule has 1 N–H and O–H groups in total. The number of rotatable bonds is 3. The molecule has 0 aliphatic rings. The number of aromatic nitrogens is 1. The molecule has 1 nitrogen and oxygen atoms in total. The number of fused-ring (bicyclic) bond motifs is 1. The normalized spacial score (nSPS) is 10.5. The van der Waals surface area contributed by atoms with E-state index in [-0.39, 0.29) is 0 Å². The van der Waals surface area contributed by atoms with Crippen LogP contribution in [0.1, 0.15) is 23.6 Å². The molecule has 2 aromatic rings. The first-order valence-electron chi connectivity index (χ1n) is 5.64. The number of nitrogens with one attached hydrogen (secondary N) is 1. The monoisotopic (exact) mass is 223 g/mol. The standard InChI is InChI=1S/C16H17N/c1-6-11(4)15-9-17-16-7-12(5)13(10(2)3)8-14(15)16/h6-9,17H,1-2,4H2,3,5H3. The van der Waals surface area contributed by atoms with Crippen molar-refractivity contribution in [3.63, 3.8) is 0 Å². The molecule has 0 saturated heterocycles. The van der Waals surface area contributed by atoms with Crippen molar-refractivity contribution < 1.29 is 0 Å². The summed E-state index contributed by atoms with van der Waals surface area (Å²) in [7, 11) is 0. The van der Waals surface area contributed by atoms with Crippen LogP contribution in [0.3, 0.4) is 0 Å². The average molecular weight is 223 g/mol. The Kier molecular flexibility index (Phi) is 2.76. The Morgan fingerprint density at radius 3 is 2.53 bits per heavy atom. The van der Waals surface area contributed by atoms with E-state index >= 15 is 0 Å². The van der Waals surface area contributed by atoms with Crippen LogP contribution >= 0.6 is 0 Å². The van der Waals surface area contributed by atoms with Crippen molar-refractivity contribution in [1.29, 1.82) is 0 Å². The summed E-state index contributed by atoms with van der Waals surface area (Å²) in [6.45, 7) is 15.9. The second-order valence-electron chi connectivity index (χ2n) is 4.42. The fourth-order valence-corrected chi connectivity index (χ4v) is 2.11. The lowest BCUT2D eigenvalue weighted by Gasteiger charge is -2.06. The SMILES string of the molecule is C=CC(=C)c1c[nH]c2cc(C)c(C(=C)C)cc12. The van der Waals surface area contributed by atoms with Gasteiger partial charge in [0, 0.05) is 22.7 Å². The minimum Gasteiger partial charge on any atom is -0.361 e. The maximum atomic E-state index is 4.02. The summed E-state index contributed by atoms with van der Waals surface area (Å²) < 4.78 is 0. The van der Waals surface area contributed by atoms with Crippen molar-refractivity contribution in [2.75, 3.05) is 0 Å². The van der Waals surface area contributed by atoms with Crippen molar-refractivity contribution in [2.45, 2.75) is 13.8 Å². The van der Waals surface area contributed by atoms with Crippen LogP contribution in [0.25, 0.3) is 22.0 Å². The van der Waals surface area contributed by atoms with Gasteiger partial charge in [0.15, 0.2) is 0 Å². The Balaban J connectivity index is 2.76. The molecule has 1 heteroatoms. The van der Waals surface area contributed by atoms with Gasteiger partial charge < -0.3 is 4.98 Å². The Morgan fingerprint density at radius 2 is 1.94 bits per heavy atom. The highest BCUT2D eigenvalue weighted by Crippen LogP contribution is 2.29. The molecule has 0 radical (unpaired) electrons. The summed E-state index contributed by atoms with van der Waals surface area (Å²) in [5, 5.41) is 1.18. The number of H-pyrrole nitrogens is 1. The number of aromatic amines is 1. The van der Waals surface area contributed by atoms with E-state index in [1.807, 2.05) is 13.1 Å². The molecule has 1 aromatic heterocycles. The minimum atomic E-state index is 0.938. The van der Waals surface area contributed by atoms with Gasteiger partial charge in [-0.15, -0.1) is 0 Å². The predicted molar refractivity (Wildman–Crippen MR) is 77.0 cm³/mol. The fourth-order valence-electron chi connectivity index (χ4n) is 2.11. The van der Waals surface area contributed by atoms with Crippen molar-refractivity contribution in [3.05, 3.63) is 60.8 Å². The average Bonchev–Trinajstić information content (AvgIpc) is 2.69. The fraction of sp³-hybridized carbons (Fsp3) is 0.125. The Bertz CT molecular complexity index is 626. The Hall–Kier alpha value is -2.02. The molecule has 0 atom stereocenters. The van der Waals surface area contributed by atoms with Crippen LogP contribution in [0.5, 0.6) is 0 Å². The van der Waals surface area contributed by atoms with Crippen molar-refractivity contribution in [1.82, 2.24) is 4.98 Å². The molecule has 0 aliphatic carbocycles. The topological polar surface area (TPSA) is 15.8 Å². The summed E-state index contributed by atoms with van der Waals surface area (Å²) in [5.41, 5.74) is 6.70. The van der Waals surface area contributed by atoms with E-state index in [2.05, 4.69) is 43.8 Å². The van der Waals surface area contributed by atoms with Gasteiger partial charge in [0.25, 0.3) is 0 Å². The number of hydrogen-bond acceptors (Lipinski definition) is 0. The molecular formula is C16H17N. The van der Waals surface area contributed by atoms with Crippen molar-refractivity contribution in [3.8, 4) is 0 Å². The number of aryl methyl sites for hydroxylation is 1. The van der Waals surface area contributed by atoms with Crippen LogP contribution in [0.2, 0.25) is 0 Å². The molecule has 1 heterocycles. The van der Waals surface area contributed by atoms with Crippen LogP contribution in [0, 0.1) is 6.92 Å². The molecule has 0 saturated carbocycles. The predicted octanol–water partition coefficient (Wildman–Crippen LogP) is 4.71. The van der Waals surface area contributed by atoms with Gasteiger partial charge in [-0.05, 0) is 42.7 Å². The maximum absolute atomic E-state index is 4.02. The van der Waals surface area contributed by atoms with E-state index in [1.165, 1.54) is 16.5 Å². The van der Waals surface area contributed by atoms with Gasteiger partial charge in [-0.25, -0.2) is 0 Å². The molecule has 0 unspecified atom stereocenters. The molecule has 0 aliphatic heterocycles. The number of benzene rings is 1. The zero-order valence-electron chi connectivity index (χ0n) is 10.4. The second kappa shape index (κ2) is 4.10. The molecule has 0 bridgehead atoms. The van der Waals surface area contributed by atoms with E-state index in [9.17, 15) is 0 Å². The molecule has 2 rings (SSSR count). The first kappa shape index (κ1) is 11.5. The van der Waals surface area contributed by atoms with Crippen LogP contribution in [-0.4, -0.2) is 4.98 Å². The first-order chi connectivity index (χ1) is 8.04. The number of allylic oxidation sites excluding steroid dienone is 3. The van der Waals surface area contributed by atoms with Crippen molar-refractivity contribution >= 4 is 22.0 Å². The highest BCUT2D eigenvalue weighted by Gasteiger charge is 2.08. The van der Waals surface area contributed by atoms with E-state index in [0.29, 0.717) is 0 Å². The van der Waals surface area contributed by atoms with Gasteiger partial charge in [-0.1, -0.05) is 31.4 Å². The largest absolute Gasteiger partial charge is 0.361 e. The Morgan fingerprint density at radius 1 is 1.24 bits per heavy atom. The lowest BCUT2D eigenvalue weighted by molar-refractivity contribution is 1.41. The third-order valence-corrected chi connectivity index (χ3v) is 3.08. The van der Waals surface area contributed by atoms with E-state index < -0.39 is 0 Å².